The van der Waals surface area contributed by atoms with Crippen LogP contribution in [0.15, 0.2) is 6.07 Å². The van der Waals surface area contributed by atoms with Crippen LogP contribution < -0.4 is 10.2 Å². The first-order chi connectivity index (χ1) is 11.6. The highest BCUT2D eigenvalue weighted by Crippen LogP contribution is 2.23. The Morgan fingerprint density at radius 3 is 2.83 bits per heavy atom. The average molecular weight is 335 g/mol. The number of hydrogen-bond acceptors (Lipinski definition) is 6. The molecule has 2 N–H and O–H groups in total. The van der Waals surface area contributed by atoms with Crippen molar-refractivity contribution < 1.29 is 9.90 Å². The summed E-state index contributed by atoms with van der Waals surface area (Å²) < 4.78 is 0. The summed E-state index contributed by atoms with van der Waals surface area (Å²) in [5.74, 6) is 1.61. The monoisotopic (exact) mass is 335 g/mol. The van der Waals surface area contributed by atoms with E-state index in [1.807, 2.05) is 31.7 Å². The molecule has 0 saturated carbocycles. The number of aryl methyl sites for hydroxylation is 1. The van der Waals surface area contributed by atoms with Crippen LogP contribution in [0, 0.1) is 12.8 Å². The van der Waals surface area contributed by atoms with Gasteiger partial charge in [-0.05, 0) is 33.6 Å². The molecule has 0 aromatic carbocycles. The van der Waals surface area contributed by atoms with Gasteiger partial charge in [0.05, 0.1) is 12.5 Å². The fourth-order valence-corrected chi connectivity index (χ4v) is 3.12. The molecule has 1 unspecified atom stereocenters. The predicted octanol–water partition coefficient (Wildman–Crippen LogP) is 1.27. The van der Waals surface area contributed by atoms with E-state index < -0.39 is 0 Å². The number of hydrogen-bond donors (Lipinski definition) is 2. The third-order valence-corrected chi connectivity index (χ3v) is 4.39. The van der Waals surface area contributed by atoms with E-state index >= 15 is 0 Å². The highest BCUT2D eigenvalue weighted by molar-refractivity contribution is 5.79. The quantitative estimate of drug-likeness (QED) is 0.781. The number of aliphatic hydroxyl groups is 1. The minimum absolute atomic E-state index is 0.0108. The number of piperidine rings is 1. The Labute approximate surface area is 144 Å². The van der Waals surface area contributed by atoms with Crippen molar-refractivity contribution in [3.8, 4) is 0 Å². The number of nitrogens with zero attached hydrogens (tertiary/aromatic N) is 4. The molecule has 1 aromatic heterocycles. The second-order valence-corrected chi connectivity index (χ2v) is 6.14. The molecule has 0 bridgehead atoms. The van der Waals surface area contributed by atoms with Crippen LogP contribution in [0.3, 0.4) is 0 Å². The third-order valence-electron chi connectivity index (χ3n) is 4.39. The summed E-state index contributed by atoms with van der Waals surface area (Å²) in [5, 5.41) is 12.0. The summed E-state index contributed by atoms with van der Waals surface area (Å²) in [7, 11) is 0. The first-order valence-corrected chi connectivity index (χ1v) is 8.83. The van der Waals surface area contributed by atoms with Crippen LogP contribution in [0.2, 0.25) is 0 Å². The fourth-order valence-electron chi connectivity index (χ4n) is 3.12. The maximum absolute atomic E-state index is 12.6. The van der Waals surface area contributed by atoms with Crippen LogP contribution in [-0.2, 0) is 4.79 Å². The van der Waals surface area contributed by atoms with Gasteiger partial charge in [0.25, 0.3) is 0 Å². The Balaban J connectivity index is 2.11. The fraction of sp³-hybridized carbons (Fsp3) is 0.706. The molecule has 1 atom stereocenters. The van der Waals surface area contributed by atoms with E-state index in [1.165, 1.54) is 0 Å². The molecule has 1 aliphatic rings. The number of carbonyl (C=O) groups is 1. The van der Waals surface area contributed by atoms with Crippen molar-refractivity contribution in [2.75, 3.05) is 49.5 Å². The summed E-state index contributed by atoms with van der Waals surface area (Å²) in [6, 6.07) is 1.86. The zero-order valence-electron chi connectivity index (χ0n) is 15.0. The van der Waals surface area contributed by atoms with E-state index in [1.54, 1.807) is 0 Å². The molecule has 2 heterocycles. The lowest BCUT2D eigenvalue weighted by Crippen LogP contribution is -2.45. The van der Waals surface area contributed by atoms with Crippen molar-refractivity contribution in [3.05, 3.63) is 11.8 Å². The average Bonchev–Trinajstić information content (AvgIpc) is 2.60. The highest BCUT2D eigenvalue weighted by Gasteiger charge is 2.29. The molecule has 0 aliphatic carbocycles. The minimum Gasteiger partial charge on any atom is -0.395 e. The second-order valence-electron chi connectivity index (χ2n) is 6.14. The largest absolute Gasteiger partial charge is 0.395 e. The van der Waals surface area contributed by atoms with Gasteiger partial charge < -0.3 is 20.2 Å². The highest BCUT2D eigenvalue weighted by atomic mass is 16.3. The Hall–Kier alpha value is -1.89. The van der Waals surface area contributed by atoms with Crippen LogP contribution in [0.25, 0.3) is 0 Å². The maximum atomic E-state index is 12.6. The number of amides is 1. The Morgan fingerprint density at radius 2 is 2.17 bits per heavy atom. The summed E-state index contributed by atoms with van der Waals surface area (Å²) >= 11 is 0. The second kappa shape index (κ2) is 8.82. The number of carbonyl (C=O) groups excluding carboxylic acids is 1. The molecule has 1 amide bonds. The summed E-state index contributed by atoms with van der Waals surface area (Å²) in [6.45, 7) is 9.52. The van der Waals surface area contributed by atoms with Crippen molar-refractivity contribution in [1.82, 2.24) is 14.9 Å². The molecular weight excluding hydrogens is 306 g/mol. The Bertz CT molecular complexity index is 548. The van der Waals surface area contributed by atoms with Gasteiger partial charge in [-0.3, -0.25) is 4.79 Å². The van der Waals surface area contributed by atoms with Gasteiger partial charge in [0, 0.05) is 44.5 Å². The SMILES string of the molecule is CCN(CC)C(=O)C1CCCN(c2nc(C)cc(NCCO)n2)C1. The molecule has 24 heavy (non-hydrogen) atoms. The molecule has 1 saturated heterocycles. The normalized spacial score (nSPS) is 17.7. The molecule has 0 radical (unpaired) electrons. The van der Waals surface area contributed by atoms with Gasteiger partial charge in [-0.15, -0.1) is 0 Å². The van der Waals surface area contributed by atoms with Crippen molar-refractivity contribution in [1.29, 1.82) is 0 Å². The van der Waals surface area contributed by atoms with Crippen LogP contribution in [0.5, 0.6) is 0 Å². The minimum atomic E-state index is 0.0108. The molecule has 1 aliphatic heterocycles. The van der Waals surface area contributed by atoms with Crippen molar-refractivity contribution in [3.63, 3.8) is 0 Å². The van der Waals surface area contributed by atoms with Gasteiger partial charge in [-0.25, -0.2) is 4.98 Å². The van der Waals surface area contributed by atoms with E-state index in [-0.39, 0.29) is 18.4 Å². The smallest absolute Gasteiger partial charge is 0.227 e. The molecule has 134 valence electrons. The Kier molecular flexibility index (Phi) is 6.78. The summed E-state index contributed by atoms with van der Waals surface area (Å²) in [5.41, 5.74) is 0.873. The number of rotatable bonds is 7. The number of nitrogens with one attached hydrogen (secondary N) is 1. The maximum Gasteiger partial charge on any atom is 0.227 e. The number of anilines is 2. The van der Waals surface area contributed by atoms with Crippen LogP contribution in [0.4, 0.5) is 11.8 Å². The van der Waals surface area contributed by atoms with Gasteiger partial charge in [0.15, 0.2) is 0 Å². The molecule has 0 spiro atoms. The van der Waals surface area contributed by atoms with E-state index in [0.717, 1.165) is 38.2 Å². The predicted molar refractivity (Wildman–Crippen MR) is 95.2 cm³/mol. The van der Waals surface area contributed by atoms with Crippen molar-refractivity contribution in [2.24, 2.45) is 5.92 Å². The molecule has 7 nitrogen and oxygen atoms in total. The lowest BCUT2D eigenvalue weighted by Gasteiger charge is -2.34. The van der Waals surface area contributed by atoms with Crippen LogP contribution >= 0.6 is 0 Å². The standard InChI is InChI=1S/C17H29N5O2/c1-4-21(5-2)16(24)14-7-6-9-22(12-14)17-19-13(3)11-15(20-17)18-8-10-23/h11,14,23H,4-10,12H2,1-3H3,(H,18,19,20). The van der Waals surface area contributed by atoms with Gasteiger partial charge in [-0.1, -0.05) is 0 Å². The molecular formula is C17H29N5O2. The van der Waals surface area contributed by atoms with Gasteiger partial charge in [0.1, 0.15) is 5.82 Å². The lowest BCUT2D eigenvalue weighted by molar-refractivity contribution is -0.135. The number of aromatic nitrogens is 2. The summed E-state index contributed by atoms with van der Waals surface area (Å²) in [4.78, 5) is 25.7. The van der Waals surface area contributed by atoms with E-state index in [9.17, 15) is 4.79 Å². The first-order valence-electron chi connectivity index (χ1n) is 8.83. The van der Waals surface area contributed by atoms with Crippen molar-refractivity contribution >= 4 is 17.7 Å². The van der Waals surface area contributed by atoms with E-state index in [0.29, 0.717) is 24.9 Å². The number of aliphatic hydroxyl groups excluding tert-OH is 1. The molecule has 1 aromatic rings. The summed E-state index contributed by atoms with van der Waals surface area (Å²) in [6.07, 6.45) is 1.89. The van der Waals surface area contributed by atoms with E-state index in [2.05, 4.69) is 20.2 Å². The third kappa shape index (κ3) is 4.56. The molecule has 7 heteroatoms. The molecule has 1 fully saturated rings. The van der Waals surface area contributed by atoms with Gasteiger partial charge in [0.2, 0.25) is 11.9 Å². The zero-order chi connectivity index (χ0) is 17.5. The zero-order valence-corrected chi connectivity index (χ0v) is 15.0. The lowest BCUT2D eigenvalue weighted by atomic mass is 9.96. The van der Waals surface area contributed by atoms with Gasteiger partial charge in [-0.2, -0.15) is 4.98 Å². The topological polar surface area (TPSA) is 81.6 Å². The molecule has 2 rings (SSSR count). The van der Waals surface area contributed by atoms with E-state index in [4.69, 9.17) is 5.11 Å². The van der Waals surface area contributed by atoms with Crippen LogP contribution in [-0.4, -0.2) is 65.2 Å². The van der Waals surface area contributed by atoms with Crippen molar-refractivity contribution in [2.45, 2.75) is 33.6 Å². The van der Waals surface area contributed by atoms with Crippen LogP contribution in [0.1, 0.15) is 32.4 Å². The Morgan fingerprint density at radius 1 is 1.42 bits per heavy atom. The first kappa shape index (κ1) is 18.4. The van der Waals surface area contributed by atoms with Gasteiger partial charge >= 0.3 is 0 Å².